The summed E-state index contributed by atoms with van der Waals surface area (Å²) in [5.74, 6) is 0.853. The molecule has 1 aromatic rings. The van der Waals surface area contributed by atoms with E-state index in [9.17, 15) is 0 Å². The van der Waals surface area contributed by atoms with Gasteiger partial charge in [0.15, 0.2) is 5.96 Å². The van der Waals surface area contributed by atoms with Crippen LogP contribution in [0.5, 0.6) is 0 Å². The molecule has 5 heteroatoms. The number of nitrogens with zero attached hydrogens (tertiary/aromatic N) is 2. The standard InChI is InChI=1S/C12H18N4S/c1-9-7-14-11(17-9)8-15-12(13-2)16-10-5-3-4-6-10/h3-4,7,10H,5-6,8H2,1-2H3,(H2,13,15,16). The second-order valence-electron chi connectivity index (χ2n) is 4.07. The van der Waals surface area contributed by atoms with Crippen LogP contribution in [-0.4, -0.2) is 24.0 Å². The van der Waals surface area contributed by atoms with E-state index in [-0.39, 0.29) is 0 Å². The maximum Gasteiger partial charge on any atom is 0.191 e. The van der Waals surface area contributed by atoms with Crippen molar-refractivity contribution in [3.8, 4) is 0 Å². The highest BCUT2D eigenvalue weighted by atomic mass is 32.1. The molecule has 0 fully saturated rings. The summed E-state index contributed by atoms with van der Waals surface area (Å²) < 4.78 is 0. The molecule has 0 saturated carbocycles. The highest BCUT2D eigenvalue weighted by Crippen LogP contribution is 2.11. The molecule has 1 heterocycles. The normalized spacial score (nSPS) is 16.5. The van der Waals surface area contributed by atoms with Gasteiger partial charge < -0.3 is 10.6 Å². The Morgan fingerprint density at radius 3 is 2.88 bits per heavy atom. The van der Waals surface area contributed by atoms with Crippen LogP contribution in [0.1, 0.15) is 22.7 Å². The number of guanidine groups is 1. The maximum atomic E-state index is 4.31. The molecule has 0 atom stereocenters. The summed E-state index contributed by atoms with van der Waals surface area (Å²) in [5.41, 5.74) is 0. The van der Waals surface area contributed by atoms with Gasteiger partial charge in [0.05, 0.1) is 6.54 Å². The van der Waals surface area contributed by atoms with Gasteiger partial charge in [-0.2, -0.15) is 0 Å². The van der Waals surface area contributed by atoms with Crippen molar-refractivity contribution >= 4 is 17.3 Å². The zero-order valence-electron chi connectivity index (χ0n) is 10.2. The van der Waals surface area contributed by atoms with Gasteiger partial charge in [-0.25, -0.2) is 4.98 Å². The summed E-state index contributed by atoms with van der Waals surface area (Å²) in [6, 6.07) is 0.485. The predicted octanol–water partition coefficient (Wildman–Crippen LogP) is 1.84. The van der Waals surface area contributed by atoms with Crippen molar-refractivity contribution in [3.05, 3.63) is 28.2 Å². The molecule has 0 unspecified atom stereocenters. The van der Waals surface area contributed by atoms with E-state index in [0.29, 0.717) is 6.04 Å². The van der Waals surface area contributed by atoms with E-state index in [1.807, 2.05) is 6.20 Å². The van der Waals surface area contributed by atoms with E-state index >= 15 is 0 Å². The lowest BCUT2D eigenvalue weighted by Crippen LogP contribution is -2.42. The Balaban J connectivity index is 1.79. The van der Waals surface area contributed by atoms with Crippen molar-refractivity contribution in [1.29, 1.82) is 0 Å². The minimum atomic E-state index is 0.485. The molecule has 1 aromatic heterocycles. The molecule has 0 radical (unpaired) electrons. The van der Waals surface area contributed by atoms with Gasteiger partial charge in [-0.05, 0) is 19.8 Å². The van der Waals surface area contributed by atoms with Crippen LogP contribution < -0.4 is 10.6 Å². The van der Waals surface area contributed by atoms with Crippen LogP contribution in [0.4, 0.5) is 0 Å². The maximum absolute atomic E-state index is 4.31. The van der Waals surface area contributed by atoms with Gasteiger partial charge in [-0.15, -0.1) is 11.3 Å². The molecule has 0 aromatic carbocycles. The van der Waals surface area contributed by atoms with Gasteiger partial charge in [0.25, 0.3) is 0 Å². The highest BCUT2D eigenvalue weighted by Gasteiger charge is 2.11. The molecule has 1 aliphatic rings. The van der Waals surface area contributed by atoms with Crippen molar-refractivity contribution in [3.63, 3.8) is 0 Å². The molecule has 0 bridgehead atoms. The van der Waals surface area contributed by atoms with Crippen LogP contribution >= 0.6 is 11.3 Å². The Kier molecular flexibility index (Phi) is 4.14. The van der Waals surface area contributed by atoms with Crippen LogP contribution in [0.15, 0.2) is 23.3 Å². The van der Waals surface area contributed by atoms with Gasteiger partial charge in [0.2, 0.25) is 0 Å². The summed E-state index contributed by atoms with van der Waals surface area (Å²) in [6.45, 7) is 2.80. The van der Waals surface area contributed by atoms with Crippen LogP contribution in [0.25, 0.3) is 0 Å². The largest absolute Gasteiger partial charge is 0.353 e. The number of aromatic nitrogens is 1. The summed E-state index contributed by atoms with van der Waals surface area (Å²) in [5, 5.41) is 7.77. The second-order valence-corrected chi connectivity index (χ2v) is 5.39. The Morgan fingerprint density at radius 1 is 1.53 bits per heavy atom. The molecule has 2 N–H and O–H groups in total. The number of nitrogens with one attached hydrogen (secondary N) is 2. The summed E-state index contributed by atoms with van der Waals surface area (Å²) in [6.07, 6.45) is 8.47. The Bertz CT molecular complexity index is 414. The van der Waals surface area contributed by atoms with Crippen molar-refractivity contribution < 1.29 is 0 Å². The molecule has 0 spiro atoms. The number of thiazole rings is 1. The Morgan fingerprint density at radius 2 is 2.29 bits per heavy atom. The van der Waals surface area contributed by atoms with Gasteiger partial charge in [0.1, 0.15) is 5.01 Å². The van der Waals surface area contributed by atoms with Gasteiger partial charge in [-0.3, -0.25) is 4.99 Å². The van der Waals surface area contributed by atoms with E-state index in [2.05, 4.69) is 39.7 Å². The fourth-order valence-corrected chi connectivity index (χ4v) is 2.49. The minimum absolute atomic E-state index is 0.485. The molecular formula is C12H18N4S. The lowest BCUT2D eigenvalue weighted by molar-refractivity contribution is 0.632. The van der Waals surface area contributed by atoms with Crippen molar-refractivity contribution in [1.82, 2.24) is 15.6 Å². The number of aryl methyl sites for hydroxylation is 1. The van der Waals surface area contributed by atoms with Crippen molar-refractivity contribution in [2.75, 3.05) is 7.05 Å². The first-order chi connectivity index (χ1) is 8.28. The molecule has 4 nitrogen and oxygen atoms in total. The molecule has 2 rings (SSSR count). The van der Waals surface area contributed by atoms with E-state index in [1.165, 1.54) is 4.88 Å². The smallest absolute Gasteiger partial charge is 0.191 e. The fourth-order valence-electron chi connectivity index (χ4n) is 1.77. The second kappa shape index (κ2) is 5.82. The van der Waals surface area contributed by atoms with Gasteiger partial charge in [-0.1, -0.05) is 12.2 Å². The number of aliphatic imine (C=N–C) groups is 1. The van der Waals surface area contributed by atoms with Crippen LogP contribution in [0.3, 0.4) is 0 Å². The first-order valence-corrected chi connectivity index (χ1v) is 6.63. The third-order valence-electron chi connectivity index (χ3n) is 2.65. The van der Waals surface area contributed by atoms with Gasteiger partial charge >= 0.3 is 0 Å². The molecule has 1 aliphatic carbocycles. The predicted molar refractivity (Wildman–Crippen MR) is 72.3 cm³/mol. The van der Waals surface area contributed by atoms with E-state index in [0.717, 1.165) is 30.4 Å². The molecule has 92 valence electrons. The first-order valence-electron chi connectivity index (χ1n) is 5.81. The topological polar surface area (TPSA) is 49.3 Å². The van der Waals surface area contributed by atoms with Crippen LogP contribution in [0.2, 0.25) is 0 Å². The lowest BCUT2D eigenvalue weighted by Gasteiger charge is -2.16. The lowest BCUT2D eigenvalue weighted by atomic mass is 10.2. The van der Waals surface area contributed by atoms with Crippen molar-refractivity contribution in [2.45, 2.75) is 32.4 Å². The van der Waals surface area contributed by atoms with E-state index in [1.54, 1.807) is 18.4 Å². The minimum Gasteiger partial charge on any atom is -0.353 e. The highest BCUT2D eigenvalue weighted by molar-refractivity contribution is 7.11. The van der Waals surface area contributed by atoms with Crippen molar-refractivity contribution in [2.24, 2.45) is 4.99 Å². The molecule has 0 aliphatic heterocycles. The Labute approximate surface area is 106 Å². The van der Waals surface area contributed by atoms with Gasteiger partial charge in [0, 0.05) is 24.2 Å². The average Bonchev–Trinajstić information content (AvgIpc) is 2.96. The zero-order valence-corrected chi connectivity index (χ0v) is 11.0. The molecular weight excluding hydrogens is 232 g/mol. The average molecular weight is 250 g/mol. The van der Waals surface area contributed by atoms with Crippen LogP contribution in [-0.2, 0) is 6.54 Å². The number of hydrogen-bond donors (Lipinski definition) is 2. The SMILES string of the molecule is CN=C(NCc1ncc(C)s1)NC1CC=CC1. The molecule has 17 heavy (non-hydrogen) atoms. The summed E-state index contributed by atoms with van der Waals surface area (Å²) >= 11 is 1.71. The molecule has 0 saturated heterocycles. The Hall–Kier alpha value is -1.36. The summed E-state index contributed by atoms with van der Waals surface area (Å²) in [4.78, 5) is 9.77. The van der Waals surface area contributed by atoms with Crippen LogP contribution in [0, 0.1) is 6.92 Å². The van der Waals surface area contributed by atoms with E-state index < -0.39 is 0 Å². The van der Waals surface area contributed by atoms with E-state index in [4.69, 9.17) is 0 Å². The third kappa shape index (κ3) is 3.56. The monoisotopic (exact) mass is 250 g/mol. The fraction of sp³-hybridized carbons (Fsp3) is 0.500. The first kappa shape index (κ1) is 12.1. The molecule has 0 amide bonds. The number of rotatable bonds is 3. The quantitative estimate of drug-likeness (QED) is 0.489. The zero-order chi connectivity index (χ0) is 12.1. The summed E-state index contributed by atoms with van der Waals surface area (Å²) in [7, 11) is 1.80. The number of hydrogen-bond acceptors (Lipinski definition) is 3. The third-order valence-corrected chi connectivity index (χ3v) is 3.56.